The fourth-order valence-corrected chi connectivity index (χ4v) is 4.92. The topological polar surface area (TPSA) is 93.1 Å². The van der Waals surface area contributed by atoms with E-state index in [1.54, 1.807) is 11.8 Å². The maximum atomic E-state index is 14.4. The van der Waals surface area contributed by atoms with Gasteiger partial charge in [0, 0.05) is 23.6 Å². The smallest absolute Gasteiger partial charge is 0.434 e. The summed E-state index contributed by atoms with van der Waals surface area (Å²) in [5.74, 6) is -4.08. The standard InChI is InChI=1S/C24H25F5N6O2S/c1-3-35-7-6-15(23(25,26)13-35)12-37-20-5-4-16(9-32-20)33-22(36)21-14(2)34-38-18(21)8-17-10-31-19(11-30-17)24(27,28)29/h4-5,9-11,15H,3,6-8,12-13H2,1-2H3,(H,33,36). The lowest BCUT2D eigenvalue weighted by Gasteiger charge is -2.37. The molecular formula is C24H25F5N6O2S. The number of alkyl halides is 5. The Bertz CT molecular complexity index is 1250. The number of rotatable bonds is 8. The van der Waals surface area contributed by atoms with Gasteiger partial charge in [-0.1, -0.05) is 6.92 Å². The van der Waals surface area contributed by atoms with Crippen LogP contribution in [0.2, 0.25) is 0 Å². The molecular weight excluding hydrogens is 531 g/mol. The number of ether oxygens (including phenoxy) is 1. The molecule has 3 aromatic heterocycles. The number of aryl methyl sites for hydroxylation is 1. The van der Waals surface area contributed by atoms with Gasteiger partial charge < -0.3 is 10.1 Å². The summed E-state index contributed by atoms with van der Waals surface area (Å²) in [6.07, 6.45) is -1.18. The van der Waals surface area contributed by atoms with E-state index in [9.17, 15) is 26.7 Å². The molecule has 8 nitrogen and oxygen atoms in total. The van der Waals surface area contributed by atoms with E-state index in [0.29, 0.717) is 42.0 Å². The highest BCUT2D eigenvalue weighted by molar-refractivity contribution is 7.06. The molecule has 0 saturated carbocycles. The van der Waals surface area contributed by atoms with Crippen LogP contribution in [0.25, 0.3) is 0 Å². The fourth-order valence-electron chi connectivity index (χ4n) is 4.04. The average molecular weight is 557 g/mol. The Kier molecular flexibility index (Phi) is 8.21. The van der Waals surface area contributed by atoms with Crippen molar-refractivity contribution in [1.82, 2.24) is 24.2 Å². The van der Waals surface area contributed by atoms with Gasteiger partial charge >= 0.3 is 6.18 Å². The largest absolute Gasteiger partial charge is 0.477 e. The Hall–Kier alpha value is -3.26. The highest BCUT2D eigenvalue weighted by atomic mass is 32.1. The molecule has 0 aliphatic carbocycles. The number of hydrogen-bond donors (Lipinski definition) is 1. The van der Waals surface area contributed by atoms with Gasteiger partial charge in [0.15, 0.2) is 5.69 Å². The zero-order chi connectivity index (χ0) is 27.5. The minimum atomic E-state index is -4.59. The Balaban J connectivity index is 1.36. The molecule has 0 radical (unpaired) electrons. The van der Waals surface area contributed by atoms with Crippen molar-refractivity contribution in [3.63, 3.8) is 0 Å². The number of pyridine rings is 1. The molecule has 204 valence electrons. The normalized spacial score (nSPS) is 17.8. The van der Waals surface area contributed by atoms with Crippen molar-refractivity contribution in [2.45, 2.75) is 38.8 Å². The second-order valence-electron chi connectivity index (χ2n) is 8.90. The number of carbonyl (C=O) groups excluding carboxylic acids is 1. The molecule has 1 aliphatic heterocycles. The average Bonchev–Trinajstić information content (AvgIpc) is 3.23. The number of amides is 1. The van der Waals surface area contributed by atoms with Crippen LogP contribution in [0.15, 0.2) is 30.7 Å². The molecule has 38 heavy (non-hydrogen) atoms. The summed E-state index contributed by atoms with van der Waals surface area (Å²) in [7, 11) is 0. The van der Waals surface area contributed by atoms with Crippen LogP contribution in [0.1, 0.15) is 45.7 Å². The van der Waals surface area contributed by atoms with Crippen LogP contribution in [0.3, 0.4) is 0 Å². The van der Waals surface area contributed by atoms with Crippen LogP contribution >= 0.6 is 11.5 Å². The number of aromatic nitrogens is 4. The third-order valence-electron chi connectivity index (χ3n) is 6.20. The van der Waals surface area contributed by atoms with Crippen LogP contribution in [0, 0.1) is 12.8 Å². The van der Waals surface area contributed by atoms with Gasteiger partial charge in [0.2, 0.25) is 5.88 Å². The molecule has 1 atom stereocenters. The summed E-state index contributed by atoms with van der Waals surface area (Å²) in [6, 6.07) is 3.01. The number of piperidine rings is 1. The van der Waals surface area contributed by atoms with Gasteiger partial charge in [-0.2, -0.15) is 17.5 Å². The van der Waals surface area contributed by atoms with Crippen molar-refractivity contribution >= 4 is 23.1 Å². The molecule has 4 heterocycles. The van der Waals surface area contributed by atoms with E-state index in [2.05, 4.69) is 24.6 Å². The summed E-state index contributed by atoms with van der Waals surface area (Å²) in [5, 5.41) is 2.70. The molecule has 14 heteroatoms. The SMILES string of the molecule is CCN1CCC(COc2ccc(NC(=O)c3c(C)nsc3Cc3cnc(C(F)(F)F)cn3)cn2)C(F)(F)C1. The summed E-state index contributed by atoms with van der Waals surface area (Å²) >= 11 is 1.04. The molecule has 0 aromatic carbocycles. The highest BCUT2D eigenvalue weighted by Crippen LogP contribution is 2.33. The summed E-state index contributed by atoms with van der Waals surface area (Å²) < 4.78 is 76.6. The molecule has 1 fully saturated rings. The third-order valence-corrected chi connectivity index (χ3v) is 7.13. The van der Waals surface area contributed by atoms with E-state index in [1.807, 2.05) is 6.92 Å². The number of hydrogen-bond acceptors (Lipinski definition) is 8. The van der Waals surface area contributed by atoms with Gasteiger partial charge in [-0.25, -0.2) is 18.7 Å². The number of nitrogens with one attached hydrogen (secondary N) is 1. The van der Waals surface area contributed by atoms with Crippen molar-refractivity contribution < 1.29 is 31.5 Å². The Labute approximate surface area is 219 Å². The zero-order valence-corrected chi connectivity index (χ0v) is 21.4. The minimum Gasteiger partial charge on any atom is -0.477 e. The number of halogens is 5. The molecule has 1 saturated heterocycles. The second kappa shape index (κ2) is 11.2. The van der Waals surface area contributed by atoms with Gasteiger partial charge in [0.1, 0.15) is 0 Å². The highest BCUT2D eigenvalue weighted by Gasteiger charge is 2.44. The van der Waals surface area contributed by atoms with E-state index in [-0.39, 0.29) is 36.7 Å². The lowest BCUT2D eigenvalue weighted by Crippen LogP contribution is -2.50. The third kappa shape index (κ3) is 6.59. The summed E-state index contributed by atoms with van der Waals surface area (Å²) in [5.41, 5.74) is 0.220. The van der Waals surface area contributed by atoms with Crippen molar-refractivity contribution in [3.8, 4) is 5.88 Å². The molecule has 0 spiro atoms. The van der Waals surface area contributed by atoms with Crippen LogP contribution in [-0.4, -0.2) is 62.3 Å². The van der Waals surface area contributed by atoms with E-state index < -0.39 is 29.6 Å². The van der Waals surface area contributed by atoms with Gasteiger partial charge in [-0.15, -0.1) is 0 Å². The van der Waals surface area contributed by atoms with E-state index >= 15 is 0 Å². The van der Waals surface area contributed by atoms with E-state index in [1.165, 1.54) is 18.3 Å². The maximum Gasteiger partial charge on any atom is 0.434 e. The van der Waals surface area contributed by atoms with Crippen molar-refractivity contribution in [2.75, 3.05) is 31.6 Å². The van der Waals surface area contributed by atoms with Crippen LogP contribution in [0.4, 0.5) is 27.6 Å². The van der Waals surface area contributed by atoms with Crippen molar-refractivity contribution in [2.24, 2.45) is 5.92 Å². The zero-order valence-electron chi connectivity index (χ0n) is 20.6. The Morgan fingerprint density at radius 2 is 2.00 bits per heavy atom. The number of likely N-dealkylation sites (tertiary alicyclic amines) is 1. The lowest BCUT2D eigenvalue weighted by atomic mass is 9.93. The predicted molar refractivity (Wildman–Crippen MR) is 130 cm³/mol. The fraction of sp³-hybridized carbons (Fsp3) is 0.458. The quantitative estimate of drug-likeness (QED) is 0.397. The minimum absolute atomic E-state index is 0.0756. The summed E-state index contributed by atoms with van der Waals surface area (Å²) in [6.45, 7) is 4.19. The predicted octanol–water partition coefficient (Wildman–Crippen LogP) is 4.85. The first-order valence-electron chi connectivity index (χ1n) is 11.8. The maximum absolute atomic E-state index is 14.4. The van der Waals surface area contributed by atoms with Crippen LogP contribution in [-0.2, 0) is 12.6 Å². The lowest BCUT2D eigenvalue weighted by molar-refractivity contribution is -0.141. The molecule has 1 unspecified atom stereocenters. The molecule has 0 bridgehead atoms. The molecule has 3 aromatic rings. The second-order valence-corrected chi connectivity index (χ2v) is 9.76. The molecule has 1 N–H and O–H groups in total. The van der Waals surface area contributed by atoms with Gasteiger partial charge in [-0.05, 0) is 44.0 Å². The van der Waals surface area contributed by atoms with E-state index in [4.69, 9.17) is 4.74 Å². The van der Waals surface area contributed by atoms with Crippen LogP contribution in [0.5, 0.6) is 5.88 Å². The van der Waals surface area contributed by atoms with Gasteiger partial charge in [0.25, 0.3) is 11.8 Å². The molecule has 4 rings (SSSR count). The molecule has 1 aliphatic rings. The van der Waals surface area contributed by atoms with Crippen molar-refractivity contribution in [1.29, 1.82) is 0 Å². The monoisotopic (exact) mass is 556 g/mol. The van der Waals surface area contributed by atoms with Crippen LogP contribution < -0.4 is 10.1 Å². The molecule has 1 amide bonds. The number of anilines is 1. The van der Waals surface area contributed by atoms with Gasteiger partial charge in [0.05, 0.1) is 54.1 Å². The Morgan fingerprint density at radius 1 is 1.21 bits per heavy atom. The number of nitrogens with zero attached hydrogens (tertiary/aromatic N) is 5. The first-order valence-corrected chi connectivity index (χ1v) is 12.6. The van der Waals surface area contributed by atoms with Crippen molar-refractivity contribution in [3.05, 3.63) is 58.2 Å². The first kappa shape index (κ1) is 27.8. The summed E-state index contributed by atoms with van der Waals surface area (Å²) in [4.78, 5) is 26.5. The Morgan fingerprint density at radius 3 is 2.61 bits per heavy atom. The first-order chi connectivity index (χ1) is 18.0. The van der Waals surface area contributed by atoms with Gasteiger partial charge in [-0.3, -0.25) is 14.7 Å². The van der Waals surface area contributed by atoms with E-state index in [0.717, 1.165) is 17.7 Å². The number of carbonyl (C=O) groups is 1.